The average molecular weight is 258 g/mol. The largest absolute Gasteiger partial charge is 0.396 e. The second kappa shape index (κ2) is 7.74. The Morgan fingerprint density at radius 3 is 2.17 bits per heavy atom. The maximum atomic E-state index is 11.9. The number of hydrogen-bond acceptors (Lipinski definition) is 3. The van der Waals surface area contributed by atoms with Crippen molar-refractivity contribution in [3.8, 4) is 0 Å². The van der Waals surface area contributed by atoms with Crippen LogP contribution in [0.2, 0.25) is 0 Å². The summed E-state index contributed by atoms with van der Waals surface area (Å²) < 4.78 is 0. The first-order chi connectivity index (χ1) is 8.18. The van der Waals surface area contributed by atoms with Crippen LogP contribution in [0.1, 0.15) is 48.0 Å². The Balaban J connectivity index is 4.32. The van der Waals surface area contributed by atoms with E-state index in [0.717, 1.165) is 0 Å². The topological polar surface area (TPSA) is 61.4 Å². The zero-order valence-corrected chi connectivity index (χ0v) is 12.7. The molecule has 1 amide bonds. The summed E-state index contributed by atoms with van der Waals surface area (Å²) >= 11 is 0. The lowest BCUT2D eigenvalue weighted by Crippen LogP contribution is -2.51. The van der Waals surface area contributed by atoms with Gasteiger partial charge >= 0.3 is 0 Å². The van der Waals surface area contributed by atoms with E-state index in [1.165, 1.54) is 0 Å². The number of amides is 1. The molecule has 0 aliphatic carbocycles. The average Bonchev–Trinajstić information content (AvgIpc) is 2.23. The molecular formula is C14H30N2O2. The fraction of sp³-hybridized carbons (Fsp3) is 0.929. The van der Waals surface area contributed by atoms with Crippen molar-refractivity contribution in [1.82, 2.24) is 10.6 Å². The zero-order chi connectivity index (χ0) is 14.3. The van der Waals surface area contributed by atoms with Gasteiger partial charge in [-0.1, -0.05) is 34.6 Å². The Morgan fingerprint density at radius 2 is 1.78 bits per heavy atom. The van der Waals surface area contributed by atoms with Crippen LogP contribution in [-0.4, -0.2) is 36.2 Å². The fourth-order valence-electron chi connectivity index (χ4n) is 1.73. The summed E-state index contributed by atoms with van der Waals surface area (Å²) in [6.45, 7) is 13.2. The van der Waals surface area contributed by atoms with Crippen molar-refractivity contribution in [1.29, 1.82) is 0 Å². The van der Waals surface area contributed by atoms with E-state index in [1.54, 1.807) is 0 Å². The van der Waals surface area contributed by atoms with Crippen LogP contribution >= 0.6 is 0 Å². The second-order valence-corrected chi connectivity index (χ2v) is 6.46. The third-order valence-electron chi connectivity index (χ3n) is 2.99. The van der Waals surface area contributed by atoms with Crippen molar-refractivity contribution in [3.05, 3.63) is 0 Å². The molecule has 0 heterocycles. The normalized spacial score (nSPS) is 15.6. The highest BCUT2D eigenvalue weighted by atomic mass is 16.3. The molecule has 108 valence electrons. The van der Waals surface area contributed by atoms with Crippen molar-refractivity contribution in [3.63, 3.8) is 0 Å². The molecule has 0 saturated heterocycles. The van der Waals surface area contributed by atoms with Crippen LogP contribution in [0.4, 0.5) is 0 Å². The quantitative estimate of drug-likeness (QED) is 0.649. The van der Waals surface area contributed by atoms with Crippen LogP contribution in [0.3, 0.4) is 0 Å². The van der Waals surface area contributed by atoms with Gasteiger partial charge in [-0.3, -0.25) is 4.79 Å². The smallest absolute Gasteiger partial charge is 0.236 e. The third kappa shape index (κ3) is 6.97. The zero-order valence-electron chi connectivity index (χ0n) is 12.7. The molecule has 18 heavy (non-hydrogen) atoms. The molecule has 0 spiro atoms. The van der Waals surface area contributed by atoms with E-state index in [2.05, 4.69) is 45.3 Å². The van der Waals surface area contributed by atoms with Crippen molar-refractivity contribution >= 4 is 5.91 Å². The molecule has 0 aliphatic heterocycles. The molecule has 2 unspecified atom stereocenters. The molecule has 0 aromatic rings. The van der Waals surface area contributed by atoms with Crippen LogP contribution in [0.15, 0.2) is 0 Å². The summed E-state index contributed by atoms with van der Waals surface area (Å²) in [4.78, 5) is 11.9. The van der Waals surface area contributed by atoms with Crippen molar-refractivity contribution in [2.45, 2.75) is 60.0 Å². The van der Waals surface area contributed by atoms with Gasteiger partial charge in [-0.2, -0.15) is 0 Å². The summed E-state index contributed by atoms with van der Waals surface area (Å²) in [6.07, 6.45) is 0.658. The van der Waals surface area contributed by atoms with Crippen molar-refractivity contribution < 1.29 is 9.90 Å². The van der Waals surface area contributed by atoms with Gasteiger partial charge in [-0.15, -0.1) is 0 Å². The van der Waals surface area contributed by atoms with E-state index in [9.17, 15) is 4.79 Å². The molecule has 0 aromatic heterocycles. The molecule has 4 heteroatoms. The van der Waals surface area contributed by atoms with Gasteiger partial charge in [0.05, 0.1) is 6.04 Å². The summed E-state index contributed by atoms with van der Waals surface area (Å²) in [7, 11) is 0. The lowest BCUT2D eigenvalue weighted by Gasteiger charge is -2.33. The summed E-state index contributed by atoms with van der Waals surface area (Å²) in [5.74, 6) is 0.480. The van der Waals surface area contributed by atoms with E-state index in [0.29, 0.717) is 18.9 Å². The minimum absolute atomic E-state index is 0.0231. The van der Waals surface area contributed by atoms with Gasteiger partial charge in [-0.25, -0.2) is 0 Å². The molecule has 0 bridgehead atoms. The van der Waals surface area contributed by atoms with Gasteiger partial charge in [0.15, 0.2) is 0 Å². The number of carbonyl (C=O) groups excluding carboxylic acids is 1. The number of carbonyl (C=O) groups is 1. The van der Waals surface area contributed by atoms with E-state index in [1.807, 2.05) is 6.92 Å². The van der Waals surface area contributed by atoms with Gasteiger partial charge in [0, 0.05) is 19.2 Å². The minimum Gasteiger partial charge on any atom is -0.396 e. The first-order valence-corrected chi connectivity index (χ1v) is 6.83. The fourth-order valence-corrected chi connectivity index (χ4v) is 1.73. The molecule has 0 aliphatic rings. The van der Waals surface area contributed by atoms with Crippen molar-refractivity contribution in [2.24, 2.45) is 11.3 Å². The molecule has 0 aromatic carbocycles. The molecule has 0 radical (unpaired) electrons. The maximum Gasteiger partial charge on any atom is 0.236 e. The van der Waals surface area contributed by atoms with Gasteiger partial charge in [-0.05, 0) is 24.7 Å². The molecule has 3 N–H and O–H groups in total. The lowest BCUT2D eigenvalue weighted by atomic mass is 9.84. The monoisotopic (exact) mass is 258 g/mol. The number of rotatable bonds is 7. The highest BCUT2D eigenvalue weighted by Crippen LogP contribution is 2.22. The molecular weight excluding hydrogens is 228 g/mol. The van der Waals surface area contributed by atoms with Crippen LogP contribution in [0.5, 0.6) is 0 Å². The first kappa shape index (κ1) is 17.4. The van der Waals surface area contributed by atoms with Crippen LogP contribution in [0, 0.1) is 11.3 Å². The van der Waals surface area contributed by atoms with E-state index in [-0.39, 0.29) is 30.0 Å². The lowest BCUT2D eigenvalue weighted by molar-refractivity contribution is -0.123. The standard InChI is InChI=1S/C14H30N2O2/c1-10(2)9-15-13(18)11(3)16-12(7-8-17)14(4,5)6/h10-12,16-17H,7-9H2,1-6H3,(H,15,18). The molecule has 4 nitrogen and oxygen atoms in total. The number of nitrogens with one attached hydrogen (secondary N) is 2. The predicted octanol–water partition coefficient (Wildman–Crippen LogP) is 1.53. The molecule has 0 saturated carbocycles. The Hall–Kier alpha value is -0.610. The maximum absolute atomic E-state index is 11.9. The summed E-state index contributed by atoms with van der Waals surface area (Å²) in [6, 6.07) is -0.109. The Kier molecular flexibility index (Phi) is 7.48. The SMILES string of the molecule is CC(C)CNC(=O)C(C)NC(CCO)C(C)(C)C. The van der Waals surface area contributed by atoms with Crippen LogP contribution in [-0.2, 0) is 4.79 Å². The third-order valence-corrected chi connectivity index (χ3v) is 2.99. The van der Waals surface area contributed by atoms with Crippen LogP contribution < -0.4 is 10.6 Å². The van der Waals surface area contributed by atoms with E-state index in [4.69, 9.17) is 5.11 Å². The first-order valence-electron chi connectivity index (χ1n) is 6.83. The number of aliphatic hydroxyl groups is 1. The van der Waals surface area contributed by atoms with E-state index < -0.39 is 0 Å². The molecule has 0 rings (SSSR count). The second-order valence-electron chi connectivity index (χ2n) is 6.46. The summed E-state index contributed by atoms with van der Waals surface area (Å²) in [5.41, 5.74) is 0.0231. The highest BCUT2D eigenvalue weighted by Gasteiger charge is 2.27. The number of aliphatic hydroxyl groups excluding tert-OH is 1. The van der Waals surface area contributed by atoms with Gasteiger partial charge in [0.25, 0.3) is 0 Å². The highest BCUT2D eigenvalue weighted by molar-refractivity contribution is 5.81. The van der Waals surface area contributed by atoms with Gasteiger partial charge in [0.1, 0.15) is 0 Å². The number of hydrogen-bond donors (Lipinski definition) is 3. The molecule has 2 atom stereocenters. The van der Waals surface area contributed by atoms with E-state index >= 15 is 0 Å². The predicted molar refractivity (Wildman–Crippen MR) is 75.4 cm³/mol. The van der Waals surface area contributed by atoms with Gasteiger partial charge in [0.2, 0.25) is 5.91 Å². The molecule has 0 fully saturated rings. The Morgan fingerprint density at radius 1 is 1.22 bits per heavy atom. The Labute approximate surface area is 112 Å². The Bertz CT molecular complexity index is 247. The van der Waals surface area contributed by atoms with Crippen molar-refractivity contribution in [2.75, 3.05) is 13.2 Å². The van der Waals surface area contributed by atoms with Crippen LogP contribution in [0.25, 0.3) is 0 Å². The van der Waals surface area contributed by atoms with Gasteiger partial charge < -0.3 is 15.7 Å². The minimum atomic E-state index is -0.237. The summed E-state index contributed by atoms with van der Waals surface area (Å²) in [5, 5.41) is 15.3.